The molecule has 0 aliphatic carbocycles. The lowest BCUT2D eigenvalue weighted by atomic mass is 10.1. The highest BCUT2D eigenvalue weighted by atomic mass is 35.5. The zero-order valence-corrected chi connectivity index (χ0v) is 10.2. The average Bonchev–Trinajstić information content (AvgIpc) is 2.30. The molecule has 1 saturated heterocycles. The predicted molar refractivity (Wildman–Crippen MR) is 64.4 cm³/mol. The smallest absolute Gasteiger partial charge is 0.222 e. The van der Waals surface area contributed by atoms with Gasteiger partial charge in [-0.3, -0.25) is 4.90 Å². The van der Waals surface area contributed by atoms with Gasteiger partial charge in [-0.2, -0.15) is 0 Å². The Morgan fingerprint density at radius 2 is 2.50 bits per heavy atom. The number of halogens is 1. The monoisotopic (exact) mass is 240 g/mol. The van der Waals surface area contributed by atoms with Crippen LogP contribution in [0, 0.1) is 0 Å². The molecule has 88 valence electrons. The molecule has 1 aliphatic heterocycles. The van der Waals surface area contributed by atoms with E-state index >= 15 is 0 Å². The van der Waals surface area contributed by atoms with Gasteiger partial charge in [-0.1, -0.05) is 0 Å². The van der Waals surface area contributed by atoms with Crippen LogP contribution in [0.25, 0.3) is 0 Å². The van der Waals surface area contributed by atoms with Crippen LogP contribution in [-0.4, -0.2) is 41.0 Å². The molecule has 1 fully saturated rings. The third kappa shape index (κ3) is 3.14. The van der Waals surface area contributed by atoms with E-state index in [1.807, 2.05) is 6.07 Å². The van der Waals surface area contributed by atoms with Crippen LogP contribution in [0.5, 0.6) is 0 Å². The van der Waals surface area contributed by atoms with Crippen molar-refractivity contribution in [1.82, 2.24) is 20.2 Å². The normalized spacial score (nSPS) is 21.3. The lowest BCUT2D eigenvalue weighted by molar-refractivity contribution is 0.194. The van der Waals surface area contributed by atoms with Gasteiger partial charge in [0.15, 0.2) is 0 Å². The van der Waals surface area contributed by atoms with E-state index in [1.165, 1.54) is 12.8 Å². The Bertz CT molecular complexity index is 339. The van der Waals surface area contributed by atoms with E-state index in [4.69, 9.17) is 11.6 Å². The van der Waals surface area contributed by atoms with Crippen molar-refractivity contribution in [2.45, 2.75) is 25.4 Å². The van der Waals surface area contributed by atoms with Gasteiger partial charge in [-0.05, 0) is 44.1 Å². The van der Waals surface area contributed by atoms with Crippen LogP contribution in [-0.2, 0) is 6.54 Å². The van der Waals surface area contributed by atoms with Crippen molar-refractivity contribution in [3.8, 4) is 0 Å². The van der Waals surface area contributed by atoms with Crippen molar-refractivity contribution < 1.29 is 0 Å². The van der Waals surface area contributed by atoms with E-state index in [0.29, 0.717) is 11.3 Å². The van der Waals surface area contributed by atoms with Gasteiger partial charge in [0.1, 0.15) is 0 Å². The number of hydrogen-bond donors (Lipinski definition) is 1. The van der Waals surface area contributed by atoms with Crippen LogP contribution in [0.1, 0.15) is 18.5 Å². The molecule has 2 heterocycles. The molecule has 0 spiro atoms. The summed E-state index contributed by atoms with van der Waals surface area (Å²) in [5, 5.41) is 3.74. The molecular weight excluding hydrogens is 224 g/mol. The van der Waals surface area contributed by atoms with Crippen LogP contribution < -0.4 is 5.32 Å². The molecule has 1 atom stereocenters. The Balaban J connectivity index is 1.93. The van der Waals surface area contributed by atoms with Crippen LogP contribution >= 0.6 is 11.6 Å². The first-order chi connectivity index (χ1) is 7.75. The van der Waals surface area contributed by atoms with Gasteiger partial charge in [0.25, 0.3) is 0 Å². The van der Waals surface area contributed by atoms with E-state index in [1.54, 1.807) is 6.20 Å². The van der Waals surface area contributed by atoms with Crippen molar-refractivity contribution in [2.24, 2.45) is 0 Å². The van der Waals surface area contributed by atoms with Gasteiger partial charge in [0, 0.05) is 25.3 Å². The van der Waals surface area contributed by atoms with Crippen molar-refractivity contribution in [3.05, 3.63) is 23.2 Å². The lowest BCUT2D eigenvalue weighted by Gasteiger charge is -2.31. The summed E-state index contributed by atoms with van der Waals surface area (Å²) in [5.74, 6) is 0. The Kier molecular flexibility index (Phi) is 4.09. The largest absolute Gasteiger partial charge is 0.315 e. The van der Waals surface area contributed by atoms with Crippen molar-refractivity contribution in [3.63, 3.8) is 0 Å². The SMILES string of the molecule is CN(Cc1ccnc(Cl)n1)C1CCCNC1. The second kappa shape index (κ2) is 5.57. The first-order valence-corrected chi connectivity index (χ1v) is 6.02. The summed E-state index contributed by atoms with van der Waals surface area (Å²) in [4.78, 5) is 10.4. The number of rotatable bonds is 3. The van der Waals surface area contributed by atoms with E-state index < -0.39 is 0 Å². The average molecular weight is 241 g/mol. The van der Waals surface area contributed by atoms with Crippen molar-refractivity contribution in [1.29, 1.82) is 0 Å². The fourth-order valence-corrected chi connectivity index (χ4v) is 2.22. The van der Waals surface area contributed by atoms with Gasteiger partial charge in [-0.15, -0.1) is 0 Å². The van der Waals surface area contributed by atoms with E-state index in [-0.39, 0.29) is 0 Å². The van der Waals surface area contributed by atoms with E-state index in [2.05, 4.69) is 27.2 Å². The fourth-order valence-electron chi connectivity index (χ4n) is 2.05. The van der Waals surface area contributed by atoms with Gasteiger partial charge in [0.05, 0.1) is 5.69 Å². The maximum Gasteiger partial charge on any atom is 0.222 e. The molecule has 1 aromatic heterocycles. The molecule has 0 aromatic carbocycles. The van der Waals surface area contributed by atoms with Gasteiger partial charge < -0.3 is 5.32 Å². The number of nitrogens with one attached hydrogen (secondary N) is 1. The zero-order chi connectivity index (χ0) is 11.4. The molecule has 1 N–H and O–H groups in total. The third-order valence-corrected chi connectivity index (χ3v) is 3.17. The van der Waals surface area contributed by atoms with Crippen LogP contribution in [0.2, 0.25) is 5.28 Å². The van der Waals surface area contributed by atoms with Crippen molar-refractivity contribution in [2.75, 3.05) is 20.1 Å². The lowest BCUT2D eigenvalue weighted by Crippen LogP contribution is -2.43. The first kappa shape index (κ1) is 11.8. The molecule has 4 nitrogen and oxygen atoms in total. The molecule has 1 aromatic rings. The summed E-state index contributed by atoms with van der Waals surface area (Å²) in [6, 6.07) is 2.51. The Morgan fingerprint density at radius 1 is 1.62 bits per heavy atom. The molecule has 0 radical (unpaired) electrons. The molecule has 0 bridgehead atoms. The second-order valence-electron chi connectivity index (χ2n) is 4.23. The highest BCUT2D eigenvalue weighted by Gasteiger charge is 2.17. The van der Waals surface area contributed by atoms with Gasteiger partial charge in [0.2, 0.25) is 5.28 Å². The summed E-state index contributed by atoms with van der Waals surface area (Å²) < 4.78 is 0. The summed E-state index contributed by atoms with van der Waals surface area (Å²) in [6.07, 6.45) is 4.21. The van der Waals surface area contributed by atoms with Crippen LogP contribution in [0.3, 0.4) is 0 Å². The highest BCUT2D eigenvalue weighted by Crippen LogP contribution is 2.11. The number of aromatic nitrogens is 2. The number of likely N-dealkylation sites (N-methyl/N-ethyl adjacent to an activating group) is 1. The maximum absolute atomic E-state index is 5.76. The summed E-state index contributed by atoms with van der Waals surface area (Å²) in [5.41, 5.74) is 0.980. The van der Waals surface area contributed by atoms with Gasteiger partial charge in [-0.25, -0.2) is 9.97 Å². The predicted octanol–water partition coefficient (Wildman–Crippen LogP) is 1.31. The van der Waals surface area contributed by atoms with Crippen LogP contribution in [0.4, 0.5) is 0 Å². The fraction of sp³-hybridized carbons (Fsp3) is 0.636. The minimum Gasteiger partial charge on any atom is -0.315 e. The number of hydrogen-bond acceptors (Lipinski definition) is 4. The van der Waals surface area contributed by atoms with Crippen molar-refractivity contribution >= 4 is 11.6 Å². The number of nitrogens with zero attached hydrogens (tertiary/aromatic N) is 3. The molecule has 1 aliphatic rings. The molecule has 0 saturated carbocycles. The molecule has 2 rings (SSSR count). The quantitative estimate of drug-likeness (QED) is 0.809. The minimum atomic E-state index is 0.327. The number of piperidine rings is 1. The highest BCUT2D eigenvalue weighted by molar-refractivity contribution is 6.28. The zero-order valence-electron chi connectivity index (χ0n) is 9.49. The Labute approximate surface area is 101 Å². The standard InChI is InChI=1S/C11H17ClN4/c1-16(10-3-2-5-13-7-10)8-9-4-6-14-11(12)15-9/h4,6,10,13H,2-3,5,7-8H2,1H3. The third-order valence-electron chi connectivity index (χ3n) is 2.99. The summed E-state index contributed by atoms with van der Waals surface area (Å²) in [6.45, 7) is 3.04. The first-order valence-electron chi connectivity index (χ1n) is 5.64. The Morgan fingerprint density at radius 3 is 3.19 bits per heavy atom. The molecule has 5 heteroatoms. The Hall–Kier alpha value is -0.710. The molecular formula is C11H17ClN4. The maximum atomic E-state index is 5.76. The minimum absolute atomic E-state index is 0.327. The van der Waals surface area contributed by atoms with Crippen LogP contribution in [0.15, 0.2) is 12.3 Å². The second-order valence-corrected chi connectivity index (χ2v) is 4.57. The van der Waals surface area contributed by atoms with E-state index in [9.17, 15) is 0 Å². The molecule has 1 unspecified atom stereocenters. The van der Waals surface area contributed by atoms with E-state index in [0.717, 1.165) is 25.3 Å². The van der Waals surface area contributed by atoms with Gasteiger partial charge >= 0.3 is 0 Å². The molecule has 16 heavy (non-hydrogen) atoms. The topological polar surface area (TPSA) is 41.1 Å². The molecule has 0 amide bonds. The summed E-state index contributed by atoms with van der Waals surface area (Å²) >= 11 is 5.76. The summed E-state index contributed by atoms with van der Waals surface area (Å²) in [7, 11) is 2.13.